The van der Waals surface area contributed by atoms with Gasteiger partial charge in [0.05, 0.1) is 17.0 Å². The summed E-state index contributed by atoms with van der Waals surface area (Å²) < 4.78 is 0. The number of H-pyrrole nitrogens is 1. The first kappa shape index (κ1) is 17.1. The number of nitrogens with one attached hydrogen (secondary N) is 2. The van der Waals surface area contributed by atoms with E-state index in [0.29, 0.717) is 11.4 Å². The summed E-state index contributed by atoms with van der Waals surface area (Å²) in [7, 11) is 0. The third kappa shape index (κ3) is 3.92. The number of nitrogens with zero attached hydrogens (tertiary/aromatic N) is 2. The van der Waals surface area contributed by atoms with E-state index < -0.39 is 0 Å². The number of aromatic nitrogens is 2. The van der Waals surface area contributed by atoms with Gasteiger partial charge in [0, 0.05) is 30.2 Å². The Labute approximate surface area is 161 Å². The number of carbonyl (C=O) groups is 1. The van der Waals surface area contributed by atoms with Crippen molar-refractivity contribution >= 4 is 34.7 Å². The van der Waals surface area contributed by atoms with Gasteiger partial charge in [0.2, 0.25) is 5.91 Å². The molecule has 0 spiro atoms. The molecule has 0 aliphatic carbocycles. The summed E-state index contributed by atoms with van der Waals surface area (Å²) in [4.78, 5) is 15.7. The van der Waals surface area contributed by atoms with E-state index >= 15 is 0 Å². The number of thiophene rings is 1. The Morgan fingerprint density at radius 1 is 1.35 bits per heavy atom. The van der Waals surface area contributed by atoms with Crippen molar-refractivity contribution in [1.82, 2.24) is 15.5 Å². The summed E-state index contributed by atoms with van der Waals surface area (Å²) >= 11 is 7.66. The first-order valence-electron chi connectivity index (χ1n) is 8.55. The fourth-order valence-corrected chi connectivity index (χ4v) is 4.13. The van der Waals surface area contributed by atoms with Gasteiger partial charge in [0.1, 0.15) is 0 Å². The van der Waals surface area contributed by atoms with E-state index in [9.17, 15) is 4.79 Å². The molecule has 5 nitrogen and oxygen atoms in total. The van der Waals surface area contributed by atoms with Crippen molar-refractivity contribution in [1.29, 1.82) is 0 Å². The van der Waals surface area contributed by atoms with Gasteiger partial charge in [-0.15, -0.1) is 11.3 Å². The van der Waals surface area contributed by atoms with Gasteiger partial charge < -0.3 is 10.2 Å². The molecular formula is C19H19ClN4OS. The Kier molecular flexibility index (Phi) is 4.95. The van der Waals surface area contributed by atoms with Crippen LogP contribution in [-0.4, -0.2) is 35.2 Å². The molecule has 7 heteroatoms. The summed E-state index contributed by atoms with van der Waals surface area (Å²) in [5.74, 6) is 0.959. The van der Waals surface area contributed by atoms with Crippen LogP contribution < -0.4 is 10.2 Å². The molecule has 1 saturated heterocycles. The Balaban J connectivity index is 1.33. The van der Waals surface area contributed by atoms with Crippen LogP contribution in [0.2, 0.25) is 5.02 Å². The van der Waals surface area contributed by atoms with Gasteiger partial charge in [-0.25, -0.2) is 0 Å². The van der Waals surface area contributed by atoms with Crippen LogP contribution >= 0.6 is 22.9 Å². The van der Waals surface area contributed by atoms with E-state index in [1.165, 1.54) is 4.88 Å². The van der Waals surface area contributed by atoms with Gasteiger partial charge in [0.15, 0.2) is 5.82 Å². The molecule has 0 unspecified atom stereocenters. The van der Waals surface area contributed by atoms with Gasteiger partial charge in [-0.05, 0) is 35.6 Å². The molecule has 2 aromatic heterocycles. The van der Waals surface area contributed by atoms with Crippen LogP contribution in [0.25, 0.3) is 10.6 Å². The zero-order valence-corrected chi connectivity index (χ0v) is 15.7. The molecule has 1 atom stereocenters. The summed E-state index contributed by atoms with van der Waals surface area (Å²) in [6.45, 7) is 1.66. The highest BCUT2D eigenvalue weighted by Crippen LogP contribution is 2.27. The van der Waals surface area contributed by atoms with Crippen molar-refractivity contribution in [3.63, 3.8) is 0 Å². The van der Waals surface area contributed by atoms with Gasteiger partial charge in [0.25, 0.3) is 0 Å². The summed E-state index contributed by atoms with van der Waals surface area (Å²) in [6, 6.07) is 13.7. The number of carbonyl (C=O) groups excluding carboxylic acids is 1. The fraction of sp³-hybridized carbons (Fsp3) is 0.263. The molecule has 1 aliphatic rings. The lowest BCUT2D eigenvalue weighted by molar-refractivity contribution is -0.121. The Hall–Kier alpha value is -2.31. The molecule has 2 N–H and O–H groups in total. The van der Waals surface area contributed by atoms with Crippen LogP contribution in [0.1, 0.15) is 12.0 Å². The standard InChI is InChI=1S/C19H19ClN4OS/c20-14-4-1-3-13(9-14)10-19(25)21-15-6-7-24(12-15)18-11-16(22-23-18)17-5-2-8-26-17/h1-5,8-9,11,15H,6-7,10,12H2,(H,21,25)(H,22,23)/t15-/m0/s1. The molecule has 4 rings (SSSR count). The molecule has 1 aliphatic heterocycles. The van der Waals surface area contributed by atoms with Gasteiger partial charge in [-0.1, -0.05) is 29.8 Å². The molecule has 1 aromatic carbocycles. The number of anilines is 1. The molecular weight excluding hydrogens is 368 g/mol. The van der Waals surface area contributed by atoms with Crippen molar-refractivity contribution in [2.24, 2.45) is 0 Å². The number of hydrogen-bond acceptors (Lipinski definition) is 4. The molecule has 134 valence electrons. The van der Waals surface area contributed by atoms with Gasteiger partial charge in [-0.3, -0.25) is 9.89 Å². The topological polar surface area (TPSA) is 61.0 Å². The van der Waals surface area contributed by atoms with Crippen LogP contribution in [0.5, 0.6) is 0 Å². The van der Waals surface area contributed by atoms with E-state index in [1.807, 2.05) is 30.3 Å². The Bertz CT molecular complexity index is 893. The van der Waals surface area contributed by atoms with Crippen molar-refractivity contribution < 1.29 is 4.79 Å². The normalized spacial score (nSPS) is 16.8. The van der Waals surface area contributed by atoms with Crippen molar-refractivity contribution in [2.75, 3.05) is 18.0 Å². The smallest absolute Gasteiger partial charge is 0.224 e. The Morgan fingerprint density at radius 2 is 2.27 bits per heavy atom. The second kappa shape index (κ2) is 7.51. The van der Waals surface area contributed by atoms with Gasteiger partial charge >= 0.3 is 0 Å². The number of amides is 1. The first-order valence-corrected chi connectivity index (χ1v) is 9.81. The van der Waals surface area contributed by atoms with Crippen molar-refractivity contribution in [2.45, 2.75) is 18.9 Å². The second-order valence-corrected chi connectivity index (χ2v) is 7.81. The molecule has 0 radical (unpaired) electrons. The lowest BCUT2D eigenvalue weighted by atomic mass is 10.1. The fourth-order valence-electron chi connectivity index (χ4n) is 3.23. The van der Waals surface area contributed by atoms with Crippen LogP contribution in [0.15, 0.2) is 47.8 Å². The Morgan fingerprint density at radius 3 is 3.08 bits per heavy atom. The summed E-state index contributed by atoms with van der Waals surface area (Å²) in [6.07, 6.45) is 1.27. The first-order chi connectivity index (χ1) is 12.7. The number of aromatic amines is 1. The predicted molar refractivity (Wildman–Crippen MR) is 106 cm³/mol. The minimum atomic E-state index is 0.0282. The summed E-state index contributed by atoms with van der Waals surface area (Å²) in [5.41, 5.74) is 1.96. The van der Waals surface area contributed by atoms with Crippen LogP contribution in [0.3, 0.4) is 0 Å². The third-order valence-corrected chi connectivity index (χ3v) is 5.62. The number of benzene rings is 1. The highest BCUT2D eigenvalue weighted by Gasteiger charge is 2.25. The van der Waals surface area contributed by atoms with E-state index in [-0.39, 0.29) is 11.9 Å². The molecule has 3 heterocycles. The average Bonchev–Trinajstić information content (AvgIpc) is 3.35. The lowest BCUT2D eigenvalue weighted by Gasteiger charge is -2.16. The second-order valence-electron chi connectivity index (χ2n) is 6.42. The number of hydrogen-bond donors (Lipinski definition) is 2. The highest BCUT2D eigenvalue weighted by molar-refractivity contribution is 7.13. The van der Waals surface area contributed by atoms with Crippen LogP contribution in [0.4, 0.5) is 5.82 Å². The maximum Gasteiger partial charge on any atom is 0.224 e. The third-order valence-electron chi connectivity index (χ3n) is 4.48. The van der Waals surface area contributed by atoms with E-state index in [1.54, 1.807) is 11.3 Å². The average molecular weight is 387 g/mol. The van der Waals surface area contributed by atoms with Crippen molar-refractivity contribution in [3.05, 3.63) is 58.4 Å². The zero-order valence-electron chi connectivity index (χ0n) is 14.1. The SMILES string of the molecule is O=C(Cc1cccc(Cl)c1)N[C@H]1CCN(c2cc(-c3cccs3)[nH]n2)C1. The highest BCUT2D eigenvalue weighted by atomic mass is 35.5. The van der Waals surface area contributed by atoms with Crippen molar-refractivity contribution in [3.8, 4) is 10.6 Å². The zero-order chi connectivity index (χ0) is 17.9. The lowest BCUT2D eigenvalue weighted by Crippen LogP contribution is -2.38. The maximum absolute atomic E-state index is 12.3. The van der Waals surface area contributed by atoms with E-state index in [2.05, 4.69) is 37.9 Å². The van der Waals surface area contributed by atoms with Gasteiger partial charge in [-0.2, -0.15) is 5.10 Å². The van der Waals surface area contributed by atoms with Crippen LogP contribution in [-0.2, 0) is 11.2 Å². The minimum Gasteiger partial charge on any atom is -0.353 e. The molecule has 3 aromatic rings. The molecule has 26 heavy (non-hydrogen) atoms. The monoisotopic (exact) mass is 386 g/mol. The molecule has 0 bridgehead atoms. The maximum atomic E-state index is 12.3. The van der Waals surface area contributed by atoms with Crippen LogP contribution in [0, 0.1) is 0 Å². The van der Waals surface area contributed by atoms with E-state index in [4.69, 9.17) is 11.6 Å². The molecule has 1 amide bonds. The van der Waals surface area contributed by atoms with E-state index in [0.717, 1.165) is 36.6 Å². The number of halogens is 1. The molecule has 0 saturated carbocycles. The largest absolute Gasteiger partial charge is 0.353 e. The quantitative estimate of drug-likeness (QED) is 0.702. The predicted octanol–water partition coefficient (Wildman–Crippen LogP) is 3.73. The number of rotatable bonds is 5. The molecule has 1 fully saturated rings. The minimum absolute atomic E-state index is 0.0282. The summed E-state index contributed by atoms with van der Waals surface area (Å²) in [5, 5.41) is 13.4.